The van der Waals surface area contributed by atoms with Crippen molar-refractivity contribution in [2.75, 3.05) is 0 Å². The minimum atomic E-state index is -3.68. The van der Waals surface area contributed by atoms with Gasteiger partial charge in [-0.15, -0.1) is 0 Å². The molecule has 1 aromatic rings. The van der Waals surface area contributed by atoms with E-state index in [1.54, 1.807) is 0 Å². The van der Waals surface area contributed by atoms with Gasteiger partial charge < -0.3 is 0 Å². The molecule has 0 fully saturated rings. The third kappa shape index (κ3) is 4.76. The normalized spacial score (nSPS) is 11.7. The lowest BCUT2D eigenvalue weighted by Crippen LogP contribution is -2.27. The molecule has 0 N–H and O–H groups in total. The summed E-state index contributed by atoms with van der Waals surface area (Å²) in [6.07, 6.45) is 1.00. The zero-order valence-corrected chi connectivity index (χ0v) is 15.9. The van der Waals surface area contributed by atoms with Crippen LogP contribution in [0.2, 0.25) is 0 Å². The predicted molar refractivity (Wildman–Crippen MR) is 87.8 cm³/mol. The lowest BCUT2D eigenvalue weighted by atomic mass is 10.2. The summed E-state index contributed by atoms with van der Waals surface area (Å²) in [6, 6.07) is 1.17. The van der Waals surface area contributed by atoms with Crippen LogP contribution < -0.4 is 0 Å². The van der Waals surface area contributed by atoms with E-state index in [-0.39, 0.29) is 11.8 Å². The summed E-state index contributed by atoms with van der Waals surface area (Å²) in [7, 11) is 0. The summed E-state index contributed by atoms with van der Waals surface area (Å²) >= 11 is 7.54. The third-order valence-electron chi connectivity index (χ3n) is 2.17. The van der Waals surface area contributed by atoms with Crippen LogP contribution in [0.3, 0.4) is 0 Å². The van der Waals surface area contributed by atoms with Gasteiger partial charge in [0.05, 0.1) is 20.8 Å². The van der Waals surface area contributed by atoms with Crippen LogP contribution >= 0.6 is 59.6 Å². The molecule has 0 heterocycles. The molecule has 0 aliphatic heterocycles. The fourth-order valence-electron chi connectivity index (χ4n) is 1.26. The molecule has 8 nitrogen and oxygen atoms in total. The van der Waals surface area contributed by atoms with E-state index in [2.05, 4.69) is 52.8 Å². The lowest BCUT2D eigenvalue weighted by Gasteiger charge is -2.24. The number of nitro groups is 2. The number of thioether (sulfide) groups is 1. The van der Waals surface area contributed by atoms with Gasteiger partial charge in [0.15, 0.2) is 5.69 Å². The number of alkyl halides is 5. The summed E-state index contributed by atoms with van der Waals surface area (Å²) < 4.78 is 26.0. The Morgan fingerprint density at radius 2 is 1.74 bits per heavy atom. The molecule has 0 aliphatic carbocycles. The third-order valence-corrected chi connectivity index (χ3v) is 5.55. The molecule has 1 aromatic carbocycles. The Morgan fingerprint density at radius 3 is 2.13 bits per heavy atom. The van der Waals surface area contributed by atoms with Crippen molar-refractivity contribution in [3.05, 3.63) is 32.4 Å². The quantitative estimate of drug-likeness (QED) is 0.129. The summed E-state index contributed by atoms with van der Waals surface area (Å²) in [4.78, 5) is 32.5. The Balaban J connectivity index is 3.64. The SMILES string of the molecule is O=C=Nc1c(SC(F)(F)C(Br)(Br)Br)cc([N+](=O)[O-])cc1[N+](=O)[O-]. The van der Waals surface area contributed by atoms with Crippen LogP contribution in [-0.4, -0.2) is 23.3 Å². The monoisotopic (exact) mass is 539 g/mol. The molecule has 124 valence electrons. The van der Waals surface area contributed by atoms with Gasteiger partial charge in [0.25, 0.3) is 5.69 Å². The van der Waals surface area contributed by atoms with Gasteiger partial charge >= 0.3 is 10.9 Å². The second kappa shape index (κ2) is 7.30. The Morgan fingerprint density at radius 1 is 1.17 bits per heavy atom. The maximum atomic E-state index is 14.0. The summed E-state index contributed by atoms with van der Waals surface area (Å²) in [5.74, 6) is 0. The van der Waals surface area contributed by atoms with Crippen LogP contribution in [0.25, 0.3) is 0 Å². The van der Waals surface area contributed by atoms with Crippen molar-refractivity contribution in [3.8, 4) is 0 Å². The number of rotatable bonds is 5. The molecule has 0 aliphatic rings. The van der Waals surface area contributed by atoms with Gasteiger partial charge in [-0.05, 0) is 11.8 Å². The molecule has 14 heteroatoms. The van der Waals surface area contributed by atoms with Gasteiger partial charge in [-0.1, -0.05) is 47.8 Å². The van der Waals surface area contributed by atoms with Crippen molar-refractivity contribution in [2.24, 2.45) is 4.99 Å². The van der Waals surface area contributed by atoms with E-state index in [9.17, 15) is 33.8 Å². The first kappa shape index (κ1) is 20.1. The van der Waals surface area contributed by atoms with Crippen molar-refractivity contribution in [1.29, 1.82) is 0 Å². The number of benzene rings is 1. The van der Waals surface area contributed by atoms with E-state index >= 15 is 0 Å². The standard InChI is InChI=1S/C9H2Br3F2N3O5S/c10-8(11,12)9(13,14)23-6-2-4(16(19)20)1-5(17(21)22)7(6)15-3-18/h1-2H. The van der Waals surface area contributed by atoms with E-state index in [0.29, 0.717) is 12.1 Å². The first-order chi connectivity index (χ1) is 10.4. The zero-order chi connectivity index (χ0) is 18.0. The van der Waals surface area contributed by atoms with Crippen molar-refractivity contribution >= 4 is 82.7 Å². The van der Waals surface area contributed by atoms with E-state index in [4.69, 9.17) is 0 Å². The van der Waals surface area contributed by atoms with Crippen LogP contribution in [0, 0.1) is 20.2 Å². The number of halogens is 5. The lowest BCUT2D eigenvalue weighted by molar-refractivity contribution is -0.394. The molecule has 1 rings (SSSR count). The molecule has 0 spiro atoms. The highest BCUT2D eigenvalue weighted by atomic mass is 80.0. The van der Waals surface area contributed by atoms with Crippen LogP contribution in [-0.2, 0) is 4.79 Å². The second-order valence-electron chi connectivity index (χ2n) is 3.65. The molecule has 0 unspecified atom stereocenters. The summed E-state index contributed by atoms with van der Waals surface area (Å²) in [6.45, 7) is 0. The van der Waals surface area contributed by atoms with Gasteiger partial charge in [-0.3, -0.25) is 20.2 Å². The average Bonchev–Trinajstić information content (AvgIpc) is 2.38. The van der Waals surface area contributed by atoms with Crippen LogP contribution in [0.15, 0.2) is 22.0 Å². The molecule has 0 saturated carbocycles. The van der Waals surface area contributed by atoms with Crippen molar-refractivity contribution in [2.45, 2.75) is 12.3 Å². The van der Waals surface area contributed by atoms with Crippen LogP contribution in [0.4, 0.5) is 25.8 Å². The fourth-order valence-corrected chi connectivity index (χ4v) is 2.80. The first-order valence-corrected chi connectivity index (χ1v) is 8.28. The molecule has 0 amide bonds. The van der Waals surface area contributed by atoms with Gasteiger partial charge in [0.1, 0.15) is 0 Å². The maximum Gasteiger partial charge on any atom is 0.332 e. The Kier molecular flexibility index (Phi) is 6.38. The average molecular weight is 542 g/mol. The minimum absolute atomic E-state index is 0.273. The largest absolute Gasteiger partial charge is 0.332 e. The number of aliphatic imine (C=N–C) groups is 1. The van der Waals surface area contributed by atoms with Gasteiger partial charge in [0.2, 0.25) is 8.22 Å². The number of carbonyl (C=O) groups excluding carboxylic acids is 1. The summed E-state index contributed by atoms with van der Waals surface area (Å²) in [5, 5.41) is 18.1. The number of hydrogen-bond acceptors (Lipinski definition) is 7. The smallest absolute Gasteiger partial charge is 0.258 e. The molecule has 0 saturated heterocycles. The number of isocyanates is 1. The Bertz CT molecular complexity index is 721. The van der Waals surface area contributed by atoms with E-state index < -0.39 is 39.2 Å². The summed E-state index contributed by atoms with van der Waals surface area (Å²) in [5.41, 5.74) is -2.52. The minimum Gasteiger partial charge on any atom is -0.258 e. The molecule has 0 radical (unpaired) electrons. The molecule has 0 atom stereocenters. The number of hydrogen-bond donors (Lipinski definition) is 0. The number of nitrogens with zero attached hydrogens (tertiary/aromatic N) is 3. The molecule has 23 heavy (non-hydrogen) atoms. The van der Waals surface area contributed by atoms with Gasteiger partial charge in [-0.25, -0.2) is 4.79 Å². The Labute approximate surface area is 155 Å². The maximum absolute atomic E-state index is 14.0. The molecule has 0 bridgehead atoms. The van der Waals surface area contributed by atoms with Crippen LogP contribution in [0.5, 0.6) is 0 Å². The highest BCUT2D eigenvalue weighted by Gasteiger charge is 2.50. The van der Waals surface area contributed by atoms with E-state index in [0.717, 1.165) is 6.08 Å². The second-order valence-corrected chi connectivity index (χ2v) is 11.6. The molecule has 0 aromatic heterocycles. The highest BCUT2D eigenvalue weighted by molar-refractivity contribution is 9.39. The van der Waals surface area contributed by atoms with Crippen molar-refractivity contribution in [3.63, 3.8) is 0 Å². The number of non-ortho nitro benzene ring substituents is 1. The first-order valence-electron chi connectivity index (χ1n) is 5.09. The fraction of sp³-hybridized carbons (Fsp3) is 0.222. The van der Waals surface area contributed by atoms with Crippen LogP contribution in [0.1, 0.15) is 0 Å². The van der Waals surface area contributed by atoms with Gasteiger partial charge in [0, 0.05) is 6.07 Å². The molecular weight excluding hydrogens is 540 g/mol. The van der Waals surface area contributed by atoms with Gasteiger partial charge in [-0.2, -0.15) is 13.8 Å². The predicted octanol–water partition coefficient (Wildman–Crippen LogP) is 4.99. The van der Waals surface area contributed by atoms with E-state index in [1.807, 2.05) is 0 Å². The Hall–Kier alpha value is -0.950. The van der Waals surface area contributed by atoms with Crippen molar-refractivity contribution < 1.29 is 23.4 Å². The highest BCUT2D eigenvalue weighted by Crippen LogP contribution is 2.57. The number of nitro benzene ring substituents is 2. The van der Waals surface area contributed by atoms with Crippen molar-refractivity contribution in [1.82, 2.24) is 0 Å². The van der Waals surface area contributed by atoms with E-state index in [1.165, 1.54) is 0 Å². The molecular formula is C9H2Br3F2N3O5S. The zero-order valence-electron chi connectivity index (χ0n) is 10.3. The topological polar surface area (TPSA) is 116 Å².